The third kappa shape index (κ3) is 3.95. The maximum Gasteiger partial charge on any atom is 0.263 e. The summed E-state index contributed by atoms with van der Waals surface area (Å²) in [6, 6.07) is 13.2. The number of hydrogen-bond donors (Lipinski definition) is 1. The molecule has 0 aliphatic carbocycles. The number of nitrogens with zero attached hydrogens (tertiary/aromatic N) is 4. The van der Waals surface area contributed by atoms with Crippen LogP contribution in [0.25, 0.3) is 22.4 Å². The van der Waals surface area contributed by atoms with Gasteiger partial charge in [-0.05, 0) is 42.7 Å². The zero-order chi connectivity index (χ0) is 22.8. The Labute approximate surface area is 185 Å². The average molecular weight is 433 g/mol. The average Bonchev–Trinajstić information content (AvgIpc) is 2.80. The molecular formula is C24H24FN5O2. The molecule has 0 amide bonds. The van der Waals surface area contributed by atoms with Crippen molar-refractivity contribution in [3.8, 4) is 34.2 Å². The topological polar surface area (TPSA) is 97.2 Å². The summed E-state index contributed by atoms with van der Waals surface area (Å²) >= 11 is 0. The molecule has 0 bridgehead atoms. The fourth-order valence-corrected chi connectivity index (χ4v) is 4.05. The molecule has 0 spiro atoms. The number of nitriles is 1. The third-order valence-electron chi connectivity index (χ3n) is 5.75. The van der Waals surface area contributed by atoms with Crippen LogP contribution in [0, 0.1) is 17.1 Å². The summed E-state index contributed by atoms with van der Waals surface area (Å²) in [4.78, 5) is 20.4. The summed E-state index contributed by atoms with van der Waals surface area (Å²) in [5.41, 5.74) is 7.61. The minimum atomic E-state index is -0.658. The number of ether oxygens (including phenoxy) is 1. The standard InChI is InChI=1S/C24H24FN5O2/c1-29-23(31)21(15-7-9-19(32-2)10-8-15)22(16-5-6-17(13-26)20(25)12-16)28-24(29)30-11-3-4-18(27)14-30/h5-10,12,18H,3-4,11,14,27H2,1-2H3/t18-/m0/s1. The van der Waals surface area contributed by atoms with E-state index in [-0.39, 0.29) is 17.2 Å². The molecule has 2 aromatic carbocycles. The van der Waals surface area contributed by atoms with Crippen LogP contribution in [-0.2, 0) is 7.05 Å². The summed E-state index contributed by atoms with van der Waals surface area (Å²) in [7, 11) is 3.25. The Hall–Kier alpha value is -3.70. The Kier molecular flexibility index (Phi) is 5.93. The van der Waals surface area contributed by atoms with Gasteiger partial charge in [-0.2, -0.15) is 5.26 Å². The maximum absolute atomic E-state index is 14.5. The van der Waals surface area contributed by atoms with Crippen LogP contribution in [0.4, 0.5) is 10.3 Å². The van der Waals surface area contributed by atoms with Crippen molar-refractivity contribution in [1.29, 1.82) is 5.26 Å². The molecule has 1 aliphatic rings. The van der Waals surface area contributed by atoms with Crippen LogP contribution in [-0.4, -0.2) is 35.8 Å². The van der Waals surface area contributed by atoms with Gasteiger partial charge >= 0.3 is 0 Å². The van der Waals surface area contributed by atoms with E-state index in [4.69, 9.17) is 20.7 Å². The molecule has 1 atom stereocenters. The predicted octanol–water partition coefficient (Wildman–Crippen LogP) is 3.06. The van der Waals surface area contributed by atoms with E-state index >= 15 is 0 Å². The first-order chi connectivity index (χ1) is 15.4. The second-order valence-corrected chi connectivity index (χ2v) is 7.88. The number of anilines is 1. The maximum atomic E-state index is 14.5. The van der Waals surface area contributed by atoms with Crippen LogP contribution in [0.3, 0.4) is 0 Å². The number of rotatable bonds is 4. The minimum absolute atomic E-state index is 0.00211. The van der Waals surface area contributed by atoms with Gasteiger partial charge in [0.1, 0.15) is 17.6 Å². The Morgan fingerprint density at radius 2 is 1.94 bits per heavy atom. The number of halogens is 1. The molecule has 2 heterocycles. The zero-order valence-electron chi connectivity index (χ0n) is 18.0. The number of benzene rings is 2. The number of methoxy groups -OCH3 is 1. The Bertz CT molecular complexity index is 1250. The monoisotopic (exact) mass is 433 g/mol. The van der Waals surface area contributed by atoms with E-state index in [1.54, 1.807) is 44.5 Å². The van der Waals surface area contributed by atoms with Crippen molar-refractivity contribution in [3.05, 3.63) is 64.2 Å². The molecule has 1 fully saturated rings. The highest BCUT2D eigenvalue weighted by atomic mass is 19.1. The summed E-state index contributed by atoms with van der Waals surface area (Å²) in [5, 5.41) is 9.09. The van der Waals surface area contributed by atoms with E-state index in [2.05, 4.69) is 0 Å². The Morgan fingerprint density at radius 3 is 2.56 bits per heavy atom. The van der Waals surface area contributed by atoms with Crippen molar-refractivity contribution in [2.45, 2.75) is 18.9 Å². The molecule has 0 unspecified atom stereocenters. The number of piperidine rings is 1. The van der Waals surface area contributed by atoms with Gasteiger partial charge in [0, 0.05) is 31.7 Å². The second-order valence-electron chi connectivity index (χ2n) is 7.88. The molecule has 0 radical (unpaired) electrons. The lowest BCUT2D eigenvalue weighted by Crippen LogP contribution is -2.45. The fraction of sp³-hybridized carbons (Fsp3) is 0.292. The normalized spacial score (nSPS) is 16.0. The van der Waals surface area contributed by atoms with Crippen molar-refractivity contribution < 1.29 is 9.13 Å². The first-order valence-corrected chi connectivity index (χ1v) is 10.4. The molecule has 32 heavy (non-hydrogen) atoms. The van der Waals surface area contributed by atoms with E-state index in [1.807, 2.05) is 11.0 Å². The highest BCUT2D eigenvalue weighted by Gasteiger charge is 2.24. The zero-order valence-corrected chi connectivity index (χ0v) is 18.0. The van der Waals surface area contributed by atoms with E-state index in [9.17, 15) is 9.18 Å². The third-order valence-corrected chi connectivity index (χ3v) is 5.75. The predicted molar refractivity (Wildman–Crippen MR) is 121 cm³/mol. The van der Waals surface area contributed by atoms with Gasteiger partial charge in [-0.3, -0.25) is 9.36 Å². The first kappa shape index (κ1) is 21.5. The molecule has 8 heteroatoms. The number of hydrogen-bond acceptors (Lipinski definition) is 6. The van der Waals surface area contributed by atoms with Gasteiger partial charge in [0.05, 0.1) is 23.9 Å². The van der Waals surface area contributed by atoms with E-state index in [0.717, 1.165) is 19.4 Å². The summed E-state index contributed by atoms with van der Waals surface area (Å²) in [6.45, 7) is 1.32. The highest BCUT2D eigenvalue weighted by molar-refractivity contribution is 5.81. The van der Waals surface area contributed by atoms with Crippen molar-refractivity contribution in [2.24, 2.45) is 12.8 Å². The molecule has 7 nitrogen and oxygen atoms in total. The van der Waals surface area contributed by atoms with Crippen LogP contribution >= 0.6 is 0 Å². The summed E-state index contributed by atoms with van der Waals surface area (Å²) in [5.74, 6) is 0.486. The van der Waals surface area contributed by atoms with Gasteiger partial charge in [-0.1, -0.05) is 18.2 Å². The first-order valence-electron chi connectivity index (χ1n) is 10.4. The van der Waals surface area contributed by atoms with Crippen LogP contribution in [0.2, 0.25) is 0 Å². The molecule has 2 N–H and O–H groups in total. The van der Waals surface area contributed by atoms with E-state index in [1.165, 1.54) is 16.7 Å². The largest absolute Gasteiger partial charge is 0.497 e. The van der Waals surface area contributed by atoms with Gasteiger partial charge in [-0.25, -0.2) is 9.37 Å². The van der Waals surface area contributed by atoms with Crippen molar-refractivity contribution in [3.63, 3.8) is 0 Å². The summed E-state index contributed by atoms with van der Waals surface area (Å²) in [6.07, 6.45) is 1.82. The van der Waals surface area contributed by atoms with Crippen LogP contribution in [0.15, 0.2) is 47.3 Å². The fourth-order valence-electron chi connectivity index (χ4n) is 4.05. The van der Waals surface area contributed by atoms with Gasteiger partial charge in [0.15, 0.2) is 0 Å². The quantitative estimate of drug-likeness (QED) is 0.679. The van der Waals surface area contributed by atoms with Gasteiger partial charge in [-0.15, -0.1) is 0 Å². The van der Waals surface area contributed by atoms with Crippen molar-refractivity contribution >= 4 is 5.95 Å². The molecule has 3 aromatic rings. The van der Waals surface area contributed by atoms with Crippen molar-refractivity contribution in [1.82, 2.24) is 9.55 Å². The smallest absolute Gasteiger partial charge is 0.263 e. The van der Waals surface area contributed by atoms with E-state index in [0.29, 0.717) is 40.6 Å². The van der Waals surface area contributed by atoms with Crippen LogP contribution in [0.1, 0.15) is 18.4 Å². The van der Waals surface area contributed by atoms with Crippen LogP contribution in [0.5, 0.6) is 5.75 Å². The minimum Gasteiger partial charge on any atom is -0.497 e. The number of aromatic nitrogens is 2. The molecular weight excluding hydrogens is 409 g/mol. The second kappa shape index (κ2) is 8.81. The molecule has 1 aromatic heterocycles. The summed E-state index contributed by atoms with van der Waals surface area (Å²) < 4.78 is 21.2. The number of nitrogens with two attached hydrogens (primary N) is 1. The van der Waals surface area contributed by atoms with Gasteiger partial charge < -0.3 is 15.4 Å². The van der Waals surface area contributed by atoms with E-state index < -0.39 is 5.82 Å². The molecule has 164 valence electrons. The lowest BCUT2D eigenvalue weighted by molar-refractivity contribution is 0.415. The Balaban J connectivity index is 1.95. The van der Waals surface area contributed by atoms with Gasteiger partial charge in [0.2, 0.25) is 5.95 Å². The lowest BCUT2D eigenvalue weighted by atomic mass is 9.99. The molecule has 1 aliphatic heterocycles. The van der Waals surface area contributed by atoms with Gasteiger partial charge in [0.25, 0.3) is 5.56 Å². The molecule has 4 rings (SSSR count). The van der Waals surface area contributed by atoms with Crippen LogP contribution < -0.4 is 20.9 Å². The van der Waals surface area contributed by atoms with Crippen molar-refractivity contribution in [2.75, 3.05) is 25.1 Å². The highest BCUT2D eigenvalue weighted by Crippen LogP contribution is 2.32. The molecule has 1 saturated heterocycles. The lowest BCUT2D eigenvalue weighted by Gasteiger charge is -2.33. The Morgan fingerprint density at radius 1 is 1.22 bits per heavy atom. The SMILES string of the molecule is COc1ccc(-c2c(-c3ccc(C#N)c(F)c3)nc(N3CCC[C@H](N)C3)n(C)c2=O)cc1. The molecule has 0 saturated carbocycles.